The molecule has 1 saturated heterocycles. The number of benzene rings is 2. The standard InChI is InChI=1S/C23H19ClF4N4O2/c1-14-12-31(8-9-32(14)22(33)15-2-4-16(5-3-15)23(26,27)28)20-11-21(30-13-29-20)34-17-6-7-19(25)18(24)10-17/h2-7,10-11,13-14H,8-9,12H2,1H3. The van der Waals surface area contributed by atoms with Crippen molar-refractivity contribution in [1.29, 1.82) is 0 Å². The molecule has 1 unspecified atom stereocenters. The highest BCUT2D eigenvalue weighted by Crippen LogP contribution is 2.30. The van der Waals surface area contributed by atoms with Crippen molar-refractivity contribution in [1.82, 2.24) is 14.9 Å². The summed E-state index contributed by atoms with van der Waals surface area (Å²) in [6.45, 7) is 3.11. The molecule has 11 heteroatoms. The zero-order valence-corrected chi connectivity index (χ0v) is 18.6. The fraction of sp³-hybridized carbons (Fsp3) is 0.261. The first-order valence-corrected chi connectivity index (χ1v) is 10.7. The first-order chi connectivity index (χ1) is 16.1. The van der Waals surface area contributed by atoms with E-state index in [1.807, 2.05) is 11.8 Å². The second-order valence-electron chi connectivity index (χ2n) is 7.76. The van der Waals surface area contributed by atoms with Crippen molar-refractivity contribution in [2.24, 2.45) is 0 Å². The van der Waals surface area contributed by atoms with Crippen molar-refractivity contribution in [2.45, 2.75) is 19.1 Å². The Bertz CT molecular complexity index is 1190. The highest BCUT2D eigenvalue weighted by Gasteiger charge is 2.32. The zero-order chi connectivity index (χ0) is 24.5. The van der Waals surface area contributed by atoms with E-state index < -0.39 is 17.6 Å². The van der Waals surface area contributed by atoms with Crippen LogP contribution in [0.5, 0.6) is 11.6 Å². The topological polar surface area (TPSA) is 58.6 Å². The lowest BCUT2D eigenvalue weighted by Gasteiger charge is -2.40. The second-order valence-corrected chi connectivity index (χ2v) is 8.17. The molecule has 3 aromatic rings. The normalized spacial score (nSPS) is 16.5. The van der Waals surface area contributed by atoms with Crippen molar-refractivity contribution in [3.05, 3.63) is 76.8 Å². The Labute approximate surface area is 197 Å². The van der Waals surface area contributed by atoms with Gasteiger partial charge < -0.3 is 14.5 Å². The van der Waals surface area contributed by atoms with Crippen LogP contribution in [0.2, 0.25) is 5.02 Å². The summed E-state index contributed by atoms with van der Waals surface area (Å²) in [5.41, 5.74) is -0.601. The minimum Gasteiger partial charge on any atom is -0.439 e. The summed E-state index contributed by atoms with van der Waals surface area (Å²) in [7, 11) is 0. The largest absolute Gasteiger partial charge is 0.439 e. The lowest BCUT2D eigenvalue weighted by atomic mass is 10.1. The van der Waals surface area contributed by atoms with E-state index in [1.165, 1.54) is 36.7 Å². The molecule has 1 aromatic heterocycles. The van der Waals surface area contributed by atoms with Gasteiger partial charge in [-0.3, -0.25) is 4.79 Å². The Morgan fingerprint density at radius 1 is 1.09 bits per heavy atom. The molecule has 0 spiro atoms. The Morgan fingerprint density at radius 2 is 1.82 bits per heavy atom. The third-order valence-corrected chi connectivity index (χ3v) is 5.70. The van der Waals surface area contributed by atoms with Gasteiger partial charge in [0.2, 0.25) is 5.88 Å². The summed E-state index contributed by atoms with van der Waals surface area (Å²) in [5, 5.41) is -0.0746. The van der Waals surface area contributed by atoms with Crippen LogP contribution in [0.3, 0.4) is 0 Å². The van der Waals surface area contributed by atoms with Crippen molar-refractivity contribution in [3.8, 4) is 11.6 Å². The number of aromatic nitrogens is 2. The van der Waals surface area contributed by atoms with Crippen LogP contribution in [-0.2, 0) is 6.18 Å². The summed E-state index contributed by atoms with van der Waals surface area (Å²) in [6.07, 6.45) is -3.12. The third-order valence-electron chi connectivity index (χ3n) is 5.41. The molecule has 6 nitrogen and oxygen atoms in total. The highest BCUT2D eigenvalue weighted by molar-refractivity contribution is 6.30. The van der Waals surface area contributed by atoms with Crippen LogP contribution in [0.25, 0.3) is 0 Å². The van der Waals surface area contributed by atoms with Gasteiger partial charge in [-0.2, -0.15) is 13.2 Å². The van der Waals surface area contributed by atoms with Crippen LogP contribution >= 0.6 is 11.6 Å². The van der Waals surface area contributed by atoms with Crippen LogP contribution in [0.15, 0.2) is 54.9 Å². The summed E-state index contributed by atoms with van der Waals surface area (Å²) in [4.78, 5) is 24.8. The third kappa shape index (κ3) is 5.22. The molecule has 0 saturated carbocycles. The van der Waals surface area contributed by atoms with E-state index in [0.29, 0.717) is 31.2 Å². The lowest BCUT2D eigenvalue weighted by molar-refractivity contribution is -0.137. The van der Waals surface area contributed by atoms with Crippen LogP contribution in [0, 0.1) is 5.82 Å². The molecule has 1 atom stereocenters. The number of hydrogen-bond donors (Lipinski definition) is 0. The molecule has 34 heavy (non-hydrogen) atoms. The molecule has 2 heterocycles. The number of rotatable bonds is 4. The number of halogens is 5. The van der Waals surface area contributed by atoms with Crippen LogP contribution < -0.4 is 9.64 Å². The van der Waals surface area contributed by atoms with Crippen molar-refractivity contribution < 1.29 is 27.1 Å². The SMILES string of the molecule is CC1CN(c2cc(Oc3ccc(F)c(Cl)c3)ncn2)CCN1C(=O)c1ccc(C(F)(F)F)cc1. The molecule has 0 radical (unpaired) electrons. The number of alkyl halides is 3. The van der Waals surface area contributed by atoms with E-state index in [1.54, 1.807) is 11.0 Å². The summed E-state index contributed by atoms with van der Waals surface area (Å²) >= 11 is 5.78. The number of amides is 1. The molecule has 2 aromatic carbocycles. The maximum absolute atomic E-state index is 13.3. The number of hydrogen-bond acceptors (Lipinski definition) is 5. The number of nitrogens with zero attached hydrogens (tertiary/aromatic N) is 4. The molecule has 0 bridgehead atoms. The molecule has 1 fully saturated rings. The van der Waals surface area contributed by atoms with Crippen molar-refractivity contribution in [2.75, 3.05) is 24.5 Å². The quantitative estimate of drug-likeness (QED) is 0.453. The molecular formula is C23H19ClF4N4O2. The minimum absolute atomic E-state index is 0.0746. The van der Waals surface area contributed by atoms with E-state index in [2.05, 4.69) is 9.97 Å². The number of carbonyl (C=O) groups excluding carboxylic acids is 1. The smallest absolute Gasteiger partial charge is 0.416 e. The van der Waals surface area contributed by atoms with E-state index in [-0.39, 0.29) is 28.4 Å². The molecule has 1 aliphatic rings. The molecule has 1 amide bonds. The predicted octanol–water partition coefficient (Wildman–Crippen LogP) is 5.43. The van der Waals surface area contributed by atoms with Gasteiger partial charge in [0.25, 0.3) is 5.91 Å². The summed E-state index contributed by atoms with van der Waals surface area (Å²) < 4.78 is 57.4. The Hall–Kier alpha value is -3.40. The Kier molecular flexibility index (Phi) is 6.60. The minimum atomic E-state index is -4.45. The van der Waals surface area contributed by atoms with Gasteiger partial charge in [-0.25, -0.2) is 14.4 Å². The molecule has 0 aliphatic carbocycles. The van der Waals surface area contributed by atoms with Gasteiger partial charge in [-0.1, -0.05) is 11.6 Å². The second kappa shape index (κ2) is 9.46. The summed E-state index contributed by atoms with van der Waals surface area (Å²) in [6, 6.07) is 9.56. The van der Waals surface area contributed by atoms with Gasteiger partial charge in [0, 0.05) is 43.4 Å². The van der Waals surface area contributed by atoms with Gasteiger partial charge in [0.15, 0.2) is 0 Å². The van der Waals surface area contributed by atoms with E-state index in [9.17, 15) is 22.4 Å². The van der Waals surface area contributed by atoms with Crippen LogP contribution in [-0.4, -0.2) is 46.5 Å². The Balaban J connectivity index is 1.42. The van der Waals surface area contributed by atoms with Gasteiger partial charge in [-0.05, 0) is 43.3 Å². The first-order valence-electron chi connectivity index (χ1n) is 10.3. The average Bonchev–Trinajstić information content (AvgIpc) is 2.81. The van der Waals surface area contributed by atoms with Gasteiger partial charge in [0.05, 0.1) is 10.6 Å². The number of anilines is 1. The fourth-order valence-corrected chi connectivity index (χ4v) is 3.83. The van der Waals surface area contributed by atoms with E-state index in [0.717, 1.165) is 12.1 Å². The maximum atomic E-state index is 13.3. The van der Waals surface area contributed by atoms with Crippen molar-refractivity contribution in [3.63, 3.8) is 0 Å². The number of ether oxygens (including phenoxy) is 1. The fourth-order valence-electron chi connectivity index (χ4n) is 3.65. The van der Waals surface area contributed by atoms with Crippen molar-refractivity contribution >= 4 is 23.3 Å². The lowest BCUT2D eigenvalue weighted by Crippen LogP contribution is -2.54. The Morgan fingerprint density at radius 3 is 2.47 bits per heavy atom. The number of piperazine rings is 1. The summed E-state index contributed by atoms with van der Waals surface area (Å²) in [5.74, 6) is 0.238. The van der Waals surface area contributed by atoms with Gasteiger partial charge in [-0.15, -0.1) is 0 Å². The predicted molar refractivity (Wildman–Crippen MR) is 118 cm³/mol. The maximum Gasteiger partial charge on any atom is 0.416 e. The average molecular weight is 495 g/mol. The monoisotopic (exact) mass is 494 g/mol. The van der Waals surface area contributed by atoms with Gasteiger partial charge in [0.1, 0.15) is 23.7 Å². The van der Waals surface area contributed by atoms with E-state index >= 15 is 0 Å². The van der Waals surface area contributed by atoms with Gasteiger partial charge >= 0.3 is 6.18 Å². The van der Waals surface area contributed by atoms with Crippen LogP contribution in [0.1, 0.15) is 22.8 Å². The zero-order valence-electron chi connectivity index (χ0n) is 17.9. The highest BCUT2D eigenvalue weighted by atomic mass is 35.5. The molecule has 4 rings (SSSR count). The van der Waals surface area contributed by atoms with E-state index in [4.69, 9.17) is 16.3 Å². The first kappa shape index (κ1) is 23.7. The molecule has 1 aliphatic heterocycles. The molecule has 0 N–H and O–H groups in total. The molecule has 178 valence electrons. The number of carbonyl (C=O) groups is 1. The van der Waals surface area contributed by atoms with Crippen LogP contribution in [0.4, 0.5) is 23.4 Å². The molecular weight excluding hydrogens is 476 g/mol.